The maximum Gasteiger partial charge on any atom is 0.265 e. The molecule has 1 heterocycles. The molecule has 112 valence electrons. The first kappa shape index (κ1) is 16.2. The number of nitrogens with one attached hydrogen (secondary N) is 3. The normalized spacial score (nSPS) is 12.1. The van der Waals surface area contributed by atoms with E-state index in [2.05, 4.69) is 20.9 Å². The smallest absolute Gasteiger partial charge is 0.265 e. The van der Waals surface area contributed by atoms with Crippen LogP contribution in [0.5, 0.6) is 0 Å². The maximum atomic E-state index is 12.0. The molecule has 0 aliphatic rings. The Bertz CT molecular complexity index is 486. The molecule has 0 spiro atoms. The van der Waals surface area contributed by atoms with Gasteiger partial charge in [0.2, 0.25) is 5.91 Å². The maximum absolute atomic E-state index is 12.0. The fraction of sp³-hybridized carbons (Fsp3) is 0.583. The van der Waals surface area contributed by atoms with E-state index >= 15 is 0 Å². The number of nitrogens with two attached hydrogens (primary N) is 1. The van der Waals surface area contributed by atoms with Gasteiger partial charge in [-0.2, -0.15) is 0 Å². The van der Waals surface area contributed by atoms with Crippen molar-refractivity contribution >= 4 is 34.1 Å². The van der Waals surface area contributed by atoms with Gasteiger partial charge in [0.25, 0.3) is 5.91 Å². The molecule has 1 aromatic heterocycles. The standard InChI is InChI=1S/C12H21N5O2S/c1-6(2)5-15-10(18)7(3)16-11(19)8-9(13)17-12(14-4)20-8/h6-7H,5,13H2,1-4H3,(H,14,17)(H,15,18)(H,16,19). The number of carbonyl (C=O) groups is 2. The van der Waals surface area contributed by atoms with Gasteiger partial charge in [0, 0.05) is 13.6 Å². The van der Waals surface area contributed by atoms with Gasteiger partial charge in [0.1, 0.15) is 16.7 Å². The van der Waals surface area contributed by atoms with Crippen molar-refractivity contribution in [3.8, 4) is 0 Å². The van der Waals surface area contributed by atoms with E-state index in [9.17, 15) is 9.59 Å². The predicted octanol–water partition coefficient (Wildman–Crippen LogP) is 0.658. The van der Waals surface area contributed by atoms with Crippen molar-refractivity contribution in [2.45, 2.75) is 26.8 Å². The van der Waals surface area contributed by atoms with E-state index < -0.39 is 11.9 Å². The van der Waals surface area contributed by atoms with E-state index in [4.69, 9.17) is 5.73 Å². The Labute approximate surface area is 122 Å². The van der Waals surface area contributed by atoms with Crippen LogP contribution in [-0.4, -0.2) is 36.4 Å². The molecule has 2 amide bonds. The monoisotopic (exact) mass is 299 g/mol. The van der Waals surface area contributed by atoms with E-state index in [-0.39, 0.29) is 11.7 Å². The molecule has 0 aromatic carbocycles. The Kier molecular flexibility index (Phi) is 5.75. The summed E-state index contributed by atoms with van der Waals surface area (Å²) in [4.78, 5) is 28.1. The lowest BCUT2D eigenvalue weighted by Crippen LogP contribution is -2.45. The topological polar surface area (TPSA) is 109 Å². The van der Waals surface area contributed by atoms with Crippen molar-refractivity contribution in [3.05, 3.63) is 4.88 Å². The van der Waals surface area contributed by atoms with Crippen LogP contribution < -0.4 is 21.7 Å². The Morgan fingerprint density at radius 3 is 2.50 bits per heavy atom. The van der Waals surface area contributed by atoms with Crippen LogP contribution in [0, 0.1) is 5.92 Å². The summed E-state index contributed by atoms with van der Waals surface area (Å²) in [5.74, 6) is -0.0958. The molecular weight excluding hydrogens is 278 g/mol. The van der Waals surface area contributed by atoms with Gasteiger partial charge >= 0.3 is 0 Å². The van der Waals surface area contributed by atoms with Crippen LogP contribution in [0.4, 0.5) is 10.9 Å². The zero-order valence-electron chi connectivity index (χ0n) is 12.1. The van der Waals surface area contributed by atoms with Crippen LogP contribution >= 0.6 is 11.3 Å². The number of nitrogens with zero attached hydrogens (tertiary/aromatic N) is 1. The number of thiazole rings is 1. The first-order valence-corrected chi connectivity index (χ1v) is 7.19. The highest BCUT2D eigenvalue weighted by atomic mass is 32.1. The third kappa shape index (κ3) is 4.37. The summed E-state index contributed by atoms with van der Waals surface area (Å²) in [6, 6.07) is -0.624. The molecule has 0 radical (unpaired) electrons. The van der Waals surface area contributed by atoms with Crippen molar-refractivity contribution in [1.29, 1.82) is 0 Å². The molecule has 0 aliphatic heterocycles. The number of carbonyl (C=O) groups excluding carboxylic acids is 2. The molecule has 7 nitrogen and oxygen atoms in total. The highest BCUT2D eigenvalue weighted by Crippen LogP contribution is 2.24. The van der Waals surface area contributed by atoms with Gasteiger partial charge in [-0.25, -0.2) is 4.98 Å². The summed E-state index contributed by atoms with van der Waals surface area (Å²) < 4.78 is 0. The van der Waals surface area contributed by atoms with Crippen molar-refractivity contribution in [1.82, 2.24) is 15.6 Å². The fourth-order valence-corrected chi connectivity index (χ4v) is 2.13. The minimum Gasteiger partial charge on any atom is -0.382 e. The third-order valence-electron chi connectivity index (χ3n) is 2.50. The highest BCUT2D eigenvalue weighted by Gasteiger charge is 2.20. The zero-order chi connectivity index (χ0) is 15.3. The van der Waals surface area contributed by atoms with E-state index in [1.165, 1.54) is 0 Å². The van der Waals surface area contributed by atoms with E-state index in [0.717, 1.165) is 11.3 Å². The van der Waals surface area contributed by atoms with E-state index in [1.54, 1.807) is 14.0 Å². The molecule has 0 saturated heterocycles. The van der Waals surface area contributed by atoms with E-state index in [1.807, 2.05) is 13.8 Å². The van der Waals surface area contributed by atoms with Gasteiger partial charge in [-0.05, 0) is 12.8 Å². The highest BCUT2D eigenvalue weighted by molar-refractivity contribution is 7.18. The minimum absolute atomic E-state index is 0.159. The summed E-state index contributed by atoms with van der Waals surface area (Å²) in [7, 11) is 1.70. The van der Waals surface area contributed by atoms with Gasteiger partial charge < -0.3 is 21.7 Å². The third-order valence-corrected chi connectivity index (χ3v) is 3.59. The fourth-order valence-electron chi connectivity index (χ4n) is 1.39. The second-order valence-electron chi connectivity index (χ2n) is 4.82. The van der Waals surface area contributed by atoms with Crippen molar-refractivity contribution in [2.75, 3.05) is 24.6 Å². The average Bonchev–Trinajstić information content (AvgIpc) is 2.77. The number of anilines is 2. The van der Waals surface area contributed by atoms with Gasteiger partial charge in [0.05, 0.1) is 0 Å². The first-order chi connectivity index (χ1) is 9.35. The average molecular weight is 299 g/mol. The molecule has 5 N–H and O–H groups in total. The van der Waals surface area contributed by atoms with Crippen LogP contribution in [0.1, 0.15) is 30.4 Å². The largest absolute Gasteiger partial charge is 0.382 e. The number of nitrogen functional groups attached to an aromatic ring is 1. The van der Waals surface area contributed by atoms with Gasteiger partial charge in [-0.3, -0.25) is 9.59 Å². The Morgan fingerprint density at radius 2 is 2.00 bits per heavy atom. The summed E-state index contributed by atoms with van der Waals surface area (Å²) in [5.41, 5.74) is 5.67. The molecule has 0 saturated carbocycles. The van der Waals surface area contributed by atoms with Crippen molar-refractivity contribution in [3.63, 3.8) is 0 Å². The van der Waals surface area contributed by atoms with Crippen LogP contribution in [0.25, 0.3) is 0 Å². The van der Waals surface area contributed by atoms with Crippen LogP contribution in [0.2, 0.25) is 0 Å². The lowest BCUT2D eigenvalue weighted by Gasteiger charge is -2.14. The van der Waals surface area contributed by atoms with Crippen molar-refractivity contribution < 1.29 is 9.59 Å². The second-order valence-corrected chi connectivity index (χ2v) is 5.82. The Hall–Kier alpha value is -1.83. The minimum atomic E-state index is -0.624. The molecule has 1 atom stereocenters. The van der Waals surface area contributed by atoms with E-state index in [0.29, 0.717) is 22.5 Å². The second kappa shape index (κ2) is 7.09. The Morgan fingerprint density at radius 1 is 1.35 bits per heavy atom. The molecule has 20 heavy (non-hydrogen) atoms. The molecule has 0 bridgehead atoms. The number of rotatable bonds is 6. The summed E-state index contributed by atoms with van der Waals surface area (Å²) in [6.07, 6.45) is 0. The number of hydrogen-bond acceptors (Lipinski definition) is 6. The Balaban J connectivity index is 2.60. The molecule has 1 rings (SSSR count). The predicted molar refractivity (Wildman–Crippen MR) is 80.8 cm³/mol. The van der Waals surface area contributed by atoms with Gasteiger partial charge in [0.15, 0.2) is 5.13 Å². The van der Waals surface area contributed by atoms with Crippen LogP contribution in [-0.2, 0) is 4.79 Å². The molecule has 0 fully saturated rings. The lowest BCUT2D eigenvalue weighted by molar-refractivity contribution is -0.122. The number of hydrogen-bond donors (Lipinski definition) is 4. The first-order valence-electron chi connectivity index (χ1n) is 6.37. The van der Waals surface area contributed by atoms with Gasteiger partial charge in [-0.1, -0.05) is 25.2 Å². The molecule has 0 aliphatic carbocycles. The summed E-state index contributed by atoms with van der Waals surface area (Å²) in [5, 5.41) is 8.75. The SMILES string of the molecule is CNc1nc(N)c(C(=O)NC(C)C(=O)NCC(C)C)s1. The number of amides is 2. The quantitative estimate of drug-likeness (QED) is 0.617. The zero-order valence-corrected chi connectivity index (χ0v) is 12.9. The molecule has 1 aromatic rings. The molecule has 8 heteroatoms. The molecular formula is C12H21N5O2S. The number of aromatic nitrogens is 1. The lowest BCUT2D eigenvalue weighted by atomic mass is 10.2. The summed E-state index contributed by atoms with van der Waals surface area (Å²) in [6.45, 7) is 6.21. The van der Waals surface area contributed by atoms with Crippen LogP contribution in [0.3, 0.4) is 0 Å². The van der Waals surface area contributed by atoms with Gasteiger partial charge in [-0.15, -0.1) is 0 Å². The van der Waals surface area contributed by atoms with Crippen LogP contribution in [0.15, 0.2) is 0 Å². The summed E-state index contributed by atoms with van der Waals surface area (Å²) >= 11 is 1.15. The van der Waals surface area contributed by atoms with Crippen molar-refractivity contribution in [2.24, 2.45) is 5.92 Å². The molecule has 1 unspecified atom stereocenters.